The summed E-state index contributed by atoms with van der Waals surface area (Å²) in [5.74, 6) is 8.40. The molecule has 0 saturated heterocycles. The molecule has 4 saturated carbocycles. The lowest BCUT2D eigenvalue weighted by Gasteiger charge is -2.62. The van der Waals surface area contributed by atoms with Crippen LogP contribution in [0.2, 0.25) is 0 Å². The third-order valence-electron chi connectivity index (χ3n) is 10.4. The second-order valence-corrected chi connectivity index (χ2v) is 11.5. The zero-order valence-electron chi connectivity index (χ0n) is 18.6. The van der Waals surface area contributed by atoms with Crippen LogP contribution in [-0.4, -0.2) is 28.3 Å². The number of hydrogen-bond donors (Lipinski definition) is 4. The maximum atomic E-state index is 11.6. The molecule has 0 unspecified atom stereocenters. The lowest BCUT2D eigenvalue weighted by atomic mass is 9.43. The minimum absolute atomic E-state index is 0.0681. The maximum absolute atomic E-state index is 11.6. The number of nitrogens with one attached hydrogen (secondary N) is 1. The highest BCUT2D eigenvalue weighted by Gasteiger charge is 2.62. The van der Waals surface area contributed by atoms with E-state index in [1.807, 2.05) is 0 Å². The molecule has 4 fully saturated rings. The van der Waals surface area contributed by atoms with Crippen molar-refractivity contribution in [2.24, 2.45) is 52.2 Å². The lowest BCUT2D eigenvalue weighted by molar-refractivity contribution is -0.174. The molecule has 5 heteroatoms. The van der Waals surface area contributed by atoms with Crippen LogP contribution in [0.5, 0.6) is 0 Å². The number of aliphatic hydroxyl groups is 2. The van der Waals surface area contributed by atoms with Crippen LogP contribution in [0, 0.1) is 46.3 Å². The van der Waals surface area contributed by atoms with Gasteiger partial charge in [0.2, 0.25) is 5.91 Å². The van der Waals surface area contributed by atoms with E-state index in [4.69, 9.17) is 5.84 Å². The van der Waals surface area contributed by atoms with Crippen LogP contribution in [0.25, 0.3) is 0 Å². The van der Waals surface area contributed by atoms with Crippen LogP contribution in [-0.2, 0) is 4.79 Å². The maximum Gasteiger partial charge on any atom is 0.233 e. The summed E-state index contributed by atoms with van der Waals surface area (Å²) < 4.78 is 0. The summed E-state index contributed by atoms with van der Waals surface area (Å²) in [4.78, 5) is 11.6. The van der Waals surface area contributed by atoms with Crippen molar-refractivity contribution in [1.29, 1.82) is 0 Å². The Morgan fingerprint density at radius 1 is 1.07 bits per heavy atom. The number of nitrogens with two attached hydrogens (primary N) is 1. The topological polar surface area (TPSA) is 95.6 Å². The Labute approximate surface area is 176 Å². The van der Waals surface area contributed by atoms with E-state index in [1.165, 1.54) is 25.7 Å². The molecule has 5 N–H and O–H groups in total. The monoisotopic (exact) mass is 406 g/mol. The number of aliphatic hydroxyl groups excluding tert-OH is 2. The first-order valence-electron chi connectivity index (χ1n) is 12.1. The average molecular weight is 407 g/mol. The van der Waals surface area contributed by atoms with E-state index in [0.29, 0.717) is 41.9 Å². The normalized spacial score (nSPS) is 50.2. The van der Waals surface area contributed by atoms with Gasteiger partial charge >= 0.3 is 0 Å². The number of hydrazine groups is 1. The minimum atomic E-state index is -0.218. The highest BCUT2D eigenvalue weighted by atomic mass is 16.3. The summed E-state index contributed by atoms with van der Waals surface area (Å²) in [7, 11) is 0. The largest absolute Gasteiger partial charge is 0.393 e. The van der Waals surface area contributed by atoms with E-state index in [0.717, 1.165) is 32.1 Å². The van der Waals surface area contributed by atoms with E-state index < -0.39 is 0 Å². The Morgan fingerprint density at radius 2 is 1.76 bits per heavy atom. The molecule has 0 aromatic rings. The van der Waals surface area contributed by atoms with E-state index in [-0.39, 0.29) is 28.9 Å². The number of carbonyl (C=O) groups excluding carboxylic acids is 1. The summed E-state index contributed by atoms with van der Waals surface area (Å²) in [6.45, 7) is 7.26. The van der Waals surface area contributed by atoms with Gasteiger partial charge in [0.25, 0.3) is 0 Å². The van der Waals surface area contributed by atoms with Crippen molar-refractivity contribution in [3.8, 4) is 0 Å². The second-order valence-electron chi connectivity index (χ2n) is 11.5. The molecule has 4 aliphatic carbocycles. The van der Waals surface area contributed by atoms with Crippen LogP contribution in [0.4, 0.5) is 0 Å². The average Bonchev–Trinajstić information content (AvgIpc) is 3.04. The van der Waals surface area contributed by atoms with Crippen molar-refractivity contribution in [3.05, 3.63) is 0 Å². The number of fused-ring (bicyclic) bond motifs is 5. The summed E-state index contributed by atoms with van der Waals surface area (Å²) in [5.41, 5.74) is 2.82. The van der Waals surface area contributed by atoms with Crippen molar-refractivity contribution in [3.63, 3.8) is 0 Å². The third-order valence-corrected chi connectivity index (χ3v) is 10.4. The lowest BCUT2D eigenvalue weighted by Crippen LogP contribution is -2.58. The molecule has 4 aliphatic rings. The third kappa shape index (κ3) is 3.45. The molecular formula is C24H42N2O3. The molecule has 166 valence electrons. The van der Waals surface area contributed by atoms with Crippen molar-refractivity contribution >= 4 is 5.91 Å². The second kappa shape index (κ2) is 7.80. The number of rotatable bonds is 4. The summed E-state index contributed by atoms with van der Waals surface area (Å²) in [6.07, 6.45) is 9.70. The molecule has 0 heterocycles. The van der Waals surface area contributed by atoms with E-state index in [9.17, 15) is 15.0 Å². The summed E-state index contributed by atoms with van der Waals surface area (Å²) in [5, 5.41) is 21.5. The van der Waals surface area contributed by atoms with Crippen molar-refractivity contribution in [1.82, 2.24) is 5.43 Å². The fraction of sp³-hybridized carbons (Fsp3) is 0.958. The highest BCUT2D eigenvalue weighted by molar-refractivity contribution is 5.75. The van der Waals surface area contributed by atoms with E-state index >= 15 is 0 Å². The van der Waals surface area contributed by atoms with Gasteiger partial charge in [0.15, 0.2) is 0 Å². The molecule has 5 nitrogen and oxygen atoms in total. The standard InChI is InChI=1S/C24H42N2O3/c1-14(4-7-21(29)26-25)17-5-6-18-22-19(9-11-24(17,18)3)23(2)10-8-16(27)12-15(23)13-20(22)28/h14-20,22,27-28H,4-13,25H2,1-3H3,(H,26,29)/t14-,15+,16-,17-,18+,19+,20+,22+,23-,24-/m0/s1. The predicted molar refractivity (Wildman–Crippen MR) is 113 cm³/mol. The first-order valence-corrected chi connectivity index (χ1v) is 12.1. The van der Waals surface area contributed by atoms with E-state index in [2.05, 4.69) is 26.2 Å². The van der Waals surface area contributed by atoms with Crippen LogP contribution in [0.3, 0.4) is 0 Å². The Bertz CT molecular complexity index is 627. The van der Waals surface area contributed by atoms with Crippen molar-refractivity contribution < 1.29 is 15.0 Å². The van der Waals surface area contributed by atoms with Gasteiger partial charge in [-0.25, -0.2) is 5.84 Å². The molecule has 10 atom stereocenters. The SMILES string of the molecule is C[C@@H](CCC(=O)NN)[C@@H]1CC[C@@H]2[C@H]3[C@H](O)C[C@H]4C[C@@H](O)CC[C@]4(C)[C@@H]3CC[C@]21C. The van der Waals surface area contributed by atoms with Gasteiger partial charge in [-0.1, -0.05) is 20.8 Å². The molecule has 0 spiro atoms. The first kappa shape index (κ1) is 21.6. The van der Waals surface area contributed by atoms with Gasteiger partial charge < -0.3 is 10.2 Å². The molecule has 0 aliphatic heterocycles. The van der Waals surface area contributed by atoms with Gasteiger partial charge in [-0.3, -0.25) is 10.2 Å². The van der Waals surface area contributed by atoms with Crippen LogP contribution >= 0.6 is 0 Å². The van der Waals surface area contributed by atoms with Gasteiger partial charge in [0.1, 0.15) is 0 Å². The minimum Gasteiger partial charge on any atom is -0.393 e. The van der Waals surface area contributed by atoms with E-state index in [1.54, 1.807) is 0 Å². The van der Waals surface area contributed by atoms with Gasteiger partial charge in [-0.05, 0) is 104 Å². The summed E-state index contributed by atoms with van der Waals surface area (Å²) in [6, 6.07) is 0. The zero-order chi connectivity index (χ0) is 21.0. The first-order chi connectivity index (χ1) is 13.7. The summed E-state index contributed by atoms with van der Waals surface area (Å²) >= 11 is 0. The Morgan fingerprint density at radius 3 is 2.48 bits per heavy atom. The quantitative estimate of drug-likeness (QED) is 0.327. The van der Waals surface area contributed by atoms with Gasteiger partial charge in [0.05, 0.1) is 12.2 Å². The molecule has 0 bridgehead atoms. The van der Waals surface area contributed by atoms with Gasteiger partial charge in [-0.15, -0.1) is 0 Å². The molecular weight excluding hydrogens is 364 g/mol. The van der Waals surface area contributed by atoms with Crippen molar-refractivity contribution in [2.75, 3.05) is 0 Å². The highest BCUT2D eigenvalue weighted by Crippen LogP contribution is 2.68. The van der Waals surface area contributed by atoms with Crippen LogP contribution in [0.15, 0.2) is 0 Å². The fourth-order valence-corrected chi connectivity index (χ4v) is 8.81. The van der Waals surface area contributed by atoms with Gasteiger partial charge in [-0.2, -0.15) is 0 Å². The fourth-order valence-electron chi connectivity index (χ4n) is 8.81. The Kier molecular flexibility index (Phi) is 5.80. The Hall–Kier alpha value is -0.650. The molecule has 0 aromatic carbocycles. The number of amides is 1. The predicted octanol–water partition coefficient (Wildman–Crippen LogP) is 3.38. The Balaban J connectivity index is 1.53. The van der Waals surface area contributed by atoms with Crippen LogP contribution in [0.1, 0.15) is 85.0 Å². The molecule has 29 heavy (non-hydrogen) atoms. The molecule has 4 rings (SSSR count). The smallest absolute Gasteiger partial charge is 0.233 e. The van der Waals surface area contributed by atoms with Crippen molar-refractivity contribution in [2.45, 2.75) is 97.2 Å². The zero-order valence-corrected chi connectivity index (χ0v) is 18.6. The molecule has 0 aromatic heterocycles. The number of hydrogen-bond acceptors (Lipinski definition) is 4. The van der Waals surface area contributed by atoms with Gasteiger partial charge in [0, 0.05) is 6.42 Å². The molecule has 1 amide bonds. The molecule has 0 radical (unpaired) electrons. The number of carbonyl (C=O) groups is 1. The van der Waals surface area contributed by atoms with Crippen LogP contribution < -0.4 is 11.3 Å².